The van der Waals surface area contributed by atoms with Crippen LogP contribution in [0.4, 0.5) is 0 Å². The number of carbonyl (C=O) groups excluding carboxylic acids is 1. The molecule has 0 bridgehead atoms. The SMILES string of the molecule is COc1ccc(C(=O)N2CCCC(N)C2)c2ccccc12. The molecule has 1 unspecified atom stereocenters. The number of likely N-dealkylation sites (tertiary alicyclic amines) is 1. The third kappa shape index (κ3) is 2.59. The maximum Gasteiger partial charge on any atom is 0.254 e. The van der Waals surface area contributed by atoms with Crippen molar-refractivity contribution in [2.45, 2.75) is 18.9 Å². The van der Waals surface area contributed by atoms with Gasteiger partial charge in [-0.1, -0.05) is 24.3 Å². The predicted octanol–water partition coefficient (Wildman–Crippen LogP) is 2.41. The number of fused-ring (bicyclic) bond motifs is 1. The zero-order chi connectivity index (χ0) is 14.8. The number of carbonyl (C=O) groups is 1. The molecule has 1 atom stereocenters. The third-order valence-corrected chi connectivity index (χ3v) is 4.08. The molecule has 2 aromatic carbocycles. The highest BCUT2D eigenvalue weighted by Crippen LogP contribution is 2.29. The lowest BCUT2D eigenvalue weighted by Gasteiger charge is -2.31. The van der Waals surface area contributed by atoms with Gasteiger partial charge >= 0.3 is 0 Å². The van der Waals surface area contributed by atoms with Crippen molar-refractivity contribution in [3.63, 3.8) is 0 Å². The van der Waals surface area contributed by atoms with Crippen LogP contribution in [0, 0.1) is 0 Å². The molecule has 1 heterocycles. The molecule has 4 nitrogen and oxygen atoms in total. The lowest BCUT2D eigenvalue weighted by Crippen LogP contribution is -2.45. The molecule has 1 aliphatic rings. The third-order valence-electron chi connectivity index (χ3n) is 4.08. The number of nitrogens with zero attached hydrogens (tertiary/aromatic N) is 1. The lowest BCUT2D eigenvalue weighted by atomic mass is 10.0. The van der Waals surface area contributed by atoms with Crippen molar-refractivity contribution in [3.05, 3.63) is 42.0 Å². The Kier molecular flexibility index (Phi) is 3.80. The van der Waals surface area contributed by atoms with E-state index in [2.05, 4.69) is 0 Å². The Morgan fingerprint density at radius 2 is 2.00 bits per heavy atom. The van der Waals surface area contributed by atoms with Gasteiger partial charge in [-0.05, 0) is 30.4 Å². The molecule has 1 amide bonds. The summed E-state index contributed by atoms with van der Waals surface area (Å²) in [4.78, 5) is 14.7. The second-order valence-corrected chi connectivity index (χ2v) is 5.51. The number of nitrogens with two attached hydrogens (primary N) is 1. The predicted molar refractivity (Wildman–Crippen MR) is 83.6 cm³/mol. The van der Waals surface area contributed by atoms with Crippen LogP contribution in [0.1, 0.15) is 23.2 Å². The Hall–Kier alpha value is -2.07. The maximum absolute atomic E-state index is 12.8. The van der Waals surface area contributed by atoms with E-state index in [9.17, 15) is 4.79 Å². The molecular weight excluding hydrogens is 264 g/mol. The Labute approximate surface area is 124 Å². The summed E-state index contributed by atoms with van der Waals surface area (Å²) in [7, 11) is 1.65. The minimum absolute atomic E-state index is 0.0593. The van der Waals surface area contributed by atoms with E-state index in [0.717, 1.165) is 41.5 Å². The second-order valence-electron chi connectivity index (χ2n) is 5.51. The van der Waals surface area contributed by atoms with E-state index in [4.69, 9.17) is 10.5 Å². The zero-order valence-corrected chi connectivity index (χ0v) is 12.2. The quantitative estimate of drug-likeness (QED) is 0.921. The van der Waals surface area contributed by atoms with Crippen molar-refractivity contribution in [2.24, 2.45) is 5.73 Å². The summed E-state index contributed by atoms with van der Waals surface area (Å²) in [5, 5.41) is 1.90. The fraction of sp³-hybridized carbons (Fsp3) is 0.353. The first-order chi connectivity index (χ1) is 10.2. The molecule has 1 aliphatic heterocycles. The van der Waals surface area contributed by atoms with Crippen LogP contribution in [0.2, 0.25) is 0 Å². The first-order valence-electron chi connectivity index (χ1n) is 7.31. The summed E-state index contributed by atoms with van der Waals surface area (Å²) in [5.74, 6) is 0.849. The van der Waals surface area contributed by atoms with E-state index in [1.54, 1.807) is 7.11 Å². The van der Waals surface area contributed by atoms with Crippen LogP contribution in [0.3, 0.4) is 0 Å². The van der Waals surface area contributed by atoms with Crippen LogP contribution in [-0.4, -0.2) is 37.0 Å². The molecule has 0 radical (unpaired) electrons. The highest BCUT2D eigenvalue weighted by molar-refractivity contribution is 6.08. The van der Waals surface area contributed by atoms with E-state index in [-0.39, 0.29) is 11.9 Å². The van der Waals surface area contributed by atoms with Gasteiger partial charge in [-0.15, -0.1) is 0 Å². The van der Waals surface area contributed by atoms with Crippen molar-refractivity contribution < 1.29 is 9.53 Å². The average molecular weight is 284 g/mol. The maximum atomic E-state index is 12.8. The van der Waals surface area contributed by atoms with Gasteiger partial charge < -0.3 is 15.4 Å². The lowest BCUT2D eigenvalue weighted by molar-refractivity contribution is 0.0711. The molecule has 0 aliphatic carbocycles. The standard InChI is InChI=1S/C17H20N2O2/c1-21-16-9-8-15(13-6-2-3-7-14(13)16)17(20)19-10-4-5-12(18)11-19/h2-3,6-9,12H,4-5,10-11,18H2,1H3. The van der Waals surface area contributed by atoms with Crippen LogP contribution < -0.4 is 10.5 Å². The van der Waals surface area contributed by atoms with Crippen molar-refractivity contribution in [3.8, 4) is 5.75 Å². The molecule has 0 spiro atoms. The Morgan fingerprint density at radius 1 is 1.24 bits per heavy atom. The normalized spacial score (nSPS) is 18.8. The largest absolute Gasteiger partial charge is 0.496 e. The van der Waals surface area contributed by atoms with Crippen LogP contribution >= 0.6 is 0 Å². The minimum atomic E-state index is 0.0593. The zero-order valence-electron chi connectivity index (χ0n) is 12.2. The van der Waals surface area contributed by atoms with Gasteiger partial charge in [0.25, 0.3) is 5.91 Å². The number of rotatable bonds is 2. The number of benzene rings is 2. The summed E-state index contributed by atoms with van der Waals surface area (Å²) in [6.45, 7) is 1.42. The number of ether oxygens (including phenoxy) is 1. The summed E-state index contributed by atoms with van der Waals surface area (Å²) >= 11 is 0. The molecule has 2 N–H and O–H groups in total. The van der Waals surface area contributed by atoms with Crippen molar-refractivity contribution in [1.82, 2.24) is 4.90 Å². The van der Waals surface area contributed by atoms with Gasteiger partial charge in [0.05, 0.1) is 7.11 Å². The van der Waals surface area contributed by atoms with Gasteiger partial charge in [0.1, 0.15) is 5.75 Å². The molecule has 3 rings (SSSR count). The molecule has 1 saturated heterocycles. The second kappa shape index (κ2) is 5.74. The van der Waals surface area contributed by atoms with Crippen LogP contribution in [-0.2, 0) is 0 Å². The molecule has 2 aromatic rings. The summed E-state index contributed by atoms with van der Waals surface area (Å²) in [6, 6.07) is 11.6. The number of hydrogen-bond acceptors (Lipinski definition) is 3. The van der Waals surface area contributed by atoms with E-state index in [1.165, 1.54) is 0 Å². The van der Waals surface area contributed by atoms with E-state index < -0.39 is 0 Å². The minimum Gasteiger partial charge on any atom is -0.496 e. The molecule has 110 valence electrons. The van der Waals surface area contributed by atoms with Crippen molar-refractivity contribution >= 4 is 16.7 Å². The number of methoxy groups -OCH3 is 1. The molecular formula is C17H20N2O2. The Bertz CT molecular complexity index is 669. The Balaban J connectivity index is 2.02. The smallest absolute Gasteiger partial charge is 0.254 e. The van der Waals surface area contributed by atoms with Gasteiger partial charge in [-0.2, -0.15) is 0 Å². The monoisotopic (exact) mass is 284 g/mol. The number of amides is 1. The molecule has 0 aromatic heterocycles. The Morgan fingerprint density at radius 3 is 2.71 bits per heavy atom. The molecule has 21 heavy (non-hydrogen) atoms. The number of piperidine rings is 1. The summed E-state index contributed by atoms with van der Waals surface area (Å²) in [6.07, 6.45) is 1.97. The first kappa shape index (κ1) is 13.9. The topological polar surface area (TPSA) is 55.6 Å². The summed E-state index contributed by atoms with van der Waals surface area (Å²) in [5.41, 5.74) is 6.71. The van der Waals surface area contributed by atoms with Gasteiger partial charge in [0.2, 0.25) is 0 Å². The first-order valence-corrected chi connectivity index (χ1v) is 7.31. The summed E-state index contributed by atoms with van der Waals surface area (Å²) < 4.78 is 5.38. The van der Waals surface area contributed by atoms with Gasteiger partial charge in [0, 0.05) is 30.1 Å². The van der Waals surface area contributed by atoms with Crippen LogP contribution in [0.5, 0.6) is 5.75 Å². The van der Waals surface area contributed by atoms with Gasteiger partial charge in [-0.25, -0.2) is 0 Å². The molecule has 4 heteroatoms. The number of hydrogen-bond donors (Lipinski definition) is 1. The molecule has 1 fully saturated rings. The van der Waals surface area contributed by atoms with Gasteiger partial charge in [-0.3, -0.25) is 4.79 Å². The van der Waals surface area contributed by atoms with E-state index in [1.807, 2.05) is 41.3 Å². The fourth-order valence-electron chi connectivity index (χ4n) is 3.00. The van der Waals surface area contributed by atoms with Crippen molar-refractivity contribution in [2.75, 3.05) is 20.2 Å². The highest BCUT2D eigenvalue weighted by Gasteiger charge is 2.23. The van der Waals surface area contributed by atoms with E-state index >= 15 is 0 Å². The van der Waals surface area contributed by atoms with Crippen LogP contribution in [0.25, 0.3) is 10.8 Å². The fourth-order valence-corrected chi connectivity index (χ4v) is 3.00. The highest BCUT2D eigenvalue weighted by atomic mass is 16.5. The van der Waals surface area contributed by atoms with Gasteiger partial charge in [0.15, 0.2) is 0 Å². The average Bonchev–Trinajstić information content (AvgIpc) is 2.53. The van der Waals surface area contributed by atoms with Crippen molar-refractivity contribution in [1.29, 1.82) is 0 Å². The molecule has 0 saturated carbocycles. The van der Waals surface area contributed by atoms with E-state index in [0.29, 0.717) is 6.54 Å². The van der Waals surface area contributed by atoms with Crippen LogP contribution in [0.15, 0.2) is 36.4 Å².